The van der Waals surface area contributed by atoms with E-state index in [4.69, 9.17) is 4.74 Å². The quantitative estimate of drug-likeness (QED) is 0.872. The Bertz CT molecular complexity index is 663. The van der Waals surface area contributed by atoms with Crippen molar-refractivity contribution < 1.29 is 13.9 Å². The molecule has 0 saturated heterocycles. The highest BCUT2D eigenvalue weighted by molar-refractivity contribution is 5.87. The van der Waals surface area contributed by atoms with E-state index in [1.807, 2.05) is 6.07 Å². The van der Waals surface area contributed by atoms with Gasteiger partial charge in [0, 0.05) is 30.6 Å². The maximum absolute atomic E-state index is 14.2. The van der Waals surface area contributed by atoms with Crippen LogP contribution in [0.15, 0.2) is 18.2 Å². The molecule has 0 fully saturated rings. The normalized spacial score (nSPS) is 14.3. The summed E-state index contributed by atoms with van der Waals surface area (Å²) in [4.78, 5) is 11.8. The Morgan fingerprint density at radius 3 is 3.15 bits per heavy atom. The number of esters is 1. The first-order chi connectivity index (χ1) is 9.72. The van der Waals surface area contributed by atoms with Crippen molar-refractivity contribution in [1.82, 2.24) is 9.88 Å². The fraction of sp³-hybridized carbons (Fsp3) is 0.400. The Hall–Kier alpha value is -1.88. The van der Waals surface area contributed by atoms with E-state index in [0.717, 1.165) is 29.6 Å². The molecule has 20 heavy (non-hydrogen) atoms. The summed E-state index contributed by atoms with van der Waals surface area (Å²) < 4.78 is 20.9. The molecular weight excluding hydrogens is 259 g/mol. The third kappa shape index (κ3) is 2.08. The summed E-state index contributed by atoms with van der Waals surface area (Å²) in [6, 6.07) is 5.05. The zero-order valence-corrected chi connectivity index (χ0v) is 11.4. The average Bonchev–Trinajstić information content (AvgIpc) is 2.76. The summed E-state index contributed by atoms with van der Waals surface area (Å²) in [5, 5.41) is 4.18. The van der Waals surface area contributed by atoms with Crippen LogP contribution in [0.3, 0.4) is 0 Å². The van der Waals surface area contributed by atoms with Gasteiger partial charge in [-0.2, -0.15) is 0 Å². The lowest BCUT2D eigenvalue weighted by atomic mass is 10.1. The van der Waals surface area contributed by atoms with Crippen LogP contribution in [-0.2, 0) is 29.0 Å². The lowest BCUT2D eigenvalue weighted by Gasteiger charge is -2.16. The van der Waals surface area contributed by atoms with E-state index < -0.39 is 0 Å². The molecule has 2 aromatic rings. The van der Waals surface area contributed by atoms with E-state index in [1.54, 1.807) is 17.6 Å². The van der Waals surface area contributed by atoms with Crippen molar-refractivity contribution in [2.45, 2.75) is 26.4 Å². The van der Waals surface area contributed by atoms with Gasteiger partial charge in [0.25, 0.3) is 0 Å². The molecule has 0 bridgehead atoms. The number of hydrogen-bond donors (Lipinski definition) is 1. The fourth-order valence-corrected chi connectivity index (χ4v) is 2.90. The van der Waals surface area contributed by atoms with E-state index in [2.05, 4.69) is 5.32 Å². The standard InChI is InChI=1S/C15H17FN2O2/c1-2-20-14(19)9-18-13-6-7-17-8-11(13)10-4-3-5-12(16)15(10)18/h3-5,17H,2,6-9H2,1H3. The van der Waals surface area contributed by atoms with Gasteiger partial charge < -0.3 is 14.6 Å². The maximum atomic E-state index is 14.2. The van der Waals surface area contributed by atoms with E-state index >= 15 is 0 Å². The Morgan fingerprint density at radius 2 is 2.35 bits per heavy atom. The van der Waals surface area contributed by atoms with Gasteiger partial charge in [-0.3, -0.25) is 4.79 Å². The molecule has 0 radical (unpaired) electrons. The predicted octanol–water partition coefficient (Wildman–Crippen LogP) is 1.99. The molecule has 1 N–H and O–H groups in total. The first-order valence-corrected chi connectivity index (χ1v) is 6.87. The number of nitrogens with zero attached hydrogens (tertiary/aromatic N) is 1. The number of halogens is 1. The number of fused-ring (bicyclic) bond motifs is 3. The zero-order chi connectivity index (χ0) is 14.1. The van der Waals surface area contributed by atoms with Crippen molar-refractivity contribution in [3.8, 4) is 0 Å². The molecule has 1 aliphatic heterocycles. The van der Waals surface area contributed by atoms with Crippen LogP contribution in [0.1, 0.15) is 18.2 Å². The molecule has 0 spiro atoms. The van der Waals surface area contributed by atoms with E-state index in [-0.39, 0.29) is 18.3 Å². The van der Waals surface area contributed by atoms with Gasteiger partial charge in [-0.15, -0.1) is 0 Å². The van der Waals surface area contributed by atoms with Crippen molar-refractivity contribution in [3.63, 3.8) is 0 Å². The predicted molar refractivity (Wildman–Crippen MR) is 73.9 cm³/mol. The molecule has 3 rings (SSSR count). The van der Waals surface area contributed by atoms with Crippen molar-refractivity contribution >= 4 is 16.9 Å². The van der Waals surface area contributed by atoms with Crippen molar-refractivity contribution in [3.05, 3.63) is 35.3 Å². The second-order valence-corrected chi connectivity index (χ2v) is 4.88. The first-order valence-electron chi connectivity index (χ1n) is 6.87. The minimum atomic E-state index is -0.325. The van der Waals surface area contributed by atoms with Crippen LogP contribution in [0.25, 0.3) is 10.9 Å². The lowest BCUT2D eigenvalue weighted by Crippen LogP contribution is -2.26. The van der Waals surface area contributed by atoms with Gasteiger partial charge in [0.05, 0.1) is 12.1 Å². The summed E-state index contributed by atoms with van der Waals surface area (Å²) in [7, 11) is 0. The van der Waals surface area contributed by atoms with Crippen molar-refractivity contribution in [1.29, 1.82) is 0 Å². The Kier molecular flexibility index (Phi) is 3.44. The second kappa shape index (κ2) is 5.25. The van der Waals surface area contributed by atoms with Gasteiger partial charge in [0.15, 0.2) is 0 Å². The van der Waals surface area contributed by atoms with E-state index in [1.165, 1.54) is 6.07 Å². The molecule has 0 aliphatic carbocycles. The highest BCUT2D eigenvalue weighted by Gasteiger charge is 2.23. The molecule has 5 heteroatoms. The molecule has 106 valence electrons. The molecule has 0 unspecified atom stereocenters. The smallest absolute Gasteiger partial charge is 0.325 e. The minimum absolute atomic E-state index is 0.0700. The van der Waals surface area contributed by atoms with Gasteiger partial charge >= 0.3 is 5.97 Å². The minimum Gasteiger partial charge on any atom is -0.465 e. The number of carbonyl (C=O) groups is 1. The average molecular weight is 276 g/mol. The Labute approximate surface area is 116 Å². The topological polar surface area (TPSA) is 43.3 Å². The van der Waals surface area contributed by atoms with Gasteiger partial charge in [-0.1, -0.05) is 12.1 Å². The molecule has 4 nitrogen and oxygen atoms in total. The second-order valence-electron chi connectivity index (χ2n) is 4.88. The number of hydrogen-bond acceptors (Lipinski definition) is 3. The largest absolute Gasteiger partial charge is 0.465 e. The van der Waals surface area contributed by atoms with Gasteiger partial charge in [0.1, 0.15) is 12.4 Å². The summed E-state index contributed by atoms with van der Waals surface area (Å²) in [6.07, 6.45) is 0.795. The SMILES string of the molecule is CCOC(=O)Cn1c2c(c3cccc(F)c31)CNCC2. The van der Waals surface area contributed by atoms with Crippen LogP contribution in [0.2, 0.25) is 0 Å². The number of benzene rings is 1. The summed E-state index contributed by atoms with van der Waals surface area (Å²) in [5.41, 5.74) is 2.64. The number of para-hydroxylation sites is 1. The fourth-order valence-electron chi connectivity index (χ4n) is 2.90. The third-order valence-electron chi connectivity index (χ3n) is 3.69. The molecule has 0 amide bonds. The van der Waals surface area contributed by atoms with Crippen molar-refractivity contribution in [2.75, 3.05) is 13.2 Å². The third-order valence-corrected chi connectivity index (χ3v) is 3.69. The van der Waals surface area contributed by atoms with Gasteiger partial charge in [0.2, 0.25) is 0 Å². The molecule has 1 aromatic heterocycles. The molecule has 2 heterocycles. The number of nitrogens with one attached hydrogen (secondary N) is 1. The zero-order valence-electron chi connectivity index (χ0n) is 11.4. The van der Waals surface area contributed by atoms with Crippen LogP contribution in [0, 0.1) is 5.82 Å². The number of carbonyl (C=O) groups excluding carboxylic acids is 1. The maximum Gasteiger partial charge on any atom is 0.325 e. The van der Waals surface area contributed by atoms with Crippen LogP contribution >= 0.6 is 0 Å². The summed E-state index contributed by atoms with van der Waals surface area (Å²) >= 11 is 0. The first kappa shape index (κ1) is 13.1. The highest BCUT2D eigenvalue weighted by Crippen LogP contribution is 2.30. The molecule has 0 atom stereocenters. The molecule has 0 saturated carbocycles. The van der Waals surface area contributed by atoms with E-state index in [9.17, 15) is 9.18 Å². The number of rotatable bonds is 3. The lowest BCUT2D eigenvalue weighted by molar-refractivity contribution is -0.143. The summed E-state index contributed by atoms with van der Waals surface area (Å²) in [5.74, 6) is -0.616. The van der Waals surface area contributed by atoms with E-state index in [0.29, 0.717) is 18.7 Å². The van der Waals surface area contributed by atoms with Gasteiger partial charge in [-0.05, 0) is 18.6 Å². The van der Waals surface area contributed by atoms with Crippen LogP contribution in [-0.4, -0.2) is 23.7 Å². The number of ether oxygens (including phenoxy) is 1. The molecular formula is C15H17FN2O2. The van der Waals surface area contributed by atoms with Crippen LogP contribution in [0.5, 0.6) is 0 Å². The summed E-state index contributed by atoms with van der Waals surface area (Å²) in [6.45, 7) is 3.73. The Balaban J connectivity index is 2.16. The molecule has 1 aliphatic rings. The van der Waals surface area contributed by atoms with Crippen molar-refractivity contribution in [2.24, 2.45) is 0 Å². The Morgan fingerprint density at radius 1 is 1.50 bits per heavy atom. The van der Waals surface area contributed by atoms with Gasteiger partial charge in [-0.25, -0.2) is 4.39 Å². The van der Waals surface area contributed by atoms with Crippen LogP contribution in [0.4, 0.5) is 4.39 Å². The van der Waals surface area contributed by atoms with Crippen LogP contribution < -0.4 is 5.32 Å². The molecule has 1 aromatic carbocycles. The highest BCUT2D eigenvalue weighted by atomic mass is 19.1. The number of aromatic nitrogens is 1. The monoisotopic (exact) mass is 276 g/mol.